The van der Waals surface area contributed by atoms with E-state index in [9.17, 15) is 9.59 Å². The van der Waals surface area contributed by atoms with Crippen molar-refractivity contribution in [2.24, 2.45) is 11.7 Å². The van der Waals surface area contributed by atoms with Gasteiger partial charge in [-0.05, 0) is 43.4 Å². The number of nitrogens with zero attached hydrogens (tertiary/aromatic N) is 1. The van der Waals surface area contributed by atoms with E-state index in [1.165, 1.54) is 0 Å². The predicted octanol–water partition coefficient (Wildman–Crippen LogP) is 2.49. The maximum atomic E-state index is 12.6. The first-order valence-corrected chi connectivity index (χ1v) is 8.79. The van der Waals surface area contributed by atoms with E-state index in [0.717, 1.165) is 18.4 Å². The average Bonchev–Trinajstić information content (AvgIpc) is 3.37. The van der Waals surface area contributed by atoms with Crippen molar-refractivity contribution in [1.82, 2.24) is 10.2 Å². The minimum absolute atomic E-state index is 0.0202. The van der Waals surface area contributed by atoms with Crippen LogP contribution in [0, 0.1) is 5.92 Å². The summed E-state index contributed by atoms with van der Waals surface area (Å²) in [5.41, 5.74) is 6.84. The lowest BCUT2D eigenvalue weighted by Gasteiger charge is -2.30. The Morgan fingerprint density at radius 2 is 1.83 bits per heavy atom. The van der Waals surface area contributed by atoms with Crippen molar-refractivity contribution in [2.75, 3.05) is 6.54 Å². The molecule has 0 bridgehead atoms. The second-order valence-corrected chi connectivity index (χ2v) is 7.18. The van der Waals surface area contributed by atoms with Crippen LogP contribution >= 0.6 is 11.6 Å². The molecule has 0 aromatic heterocycles. The number of nitrogens with two attached hydrogens (primary N) is 1. The summed E-state index contributed by atoms with van der Waals surface area (Å²) >= 11 is 5.93. The lowest BCUT2D eigenvalue weighted by atomic mass is 10.0. The Morgan fingerprint density at radius 1 is 1.25 bits per heavy atom. The van der Waals surface area contributed by atoms with E-state index in [2.05, 4.69) is 5.32 Å². The van der Waals surface area contributed by atoms with Gasteiger partial charge in [-0.1, -0.05) is 37.6 Å². The van der Waals surface area contributed by atoms with Crippen LogP contribution in [0.1, 0.15) is 45.2 Å². The molecule has 2 amide bonds. The number of carbonyl (C=O) groups excluding carboxylic acids is 2. The molecule has 1 aliphatic carbocycles. The zero-order chi connectivity index (χ0) is 17.9. The highest BCUT2D eigenvalue weighted by atomic mass is 35.5. The van der Waals surface area contributed by atoms with Gasteiger partial charge in [-0.2, -0.15) is 0 Å². The van der Waals surface area contributed by atoms with Gasteiger partial charge in [0, 0.05) is 11.1 Å². The van der Waals surface area contributed by atoms with Crippen molar-refractivity contribution in [1.29, 1.82) is 0 Å². The highest BCUT2D eigenvalue weighted by Crippen LogP contribution is 2.34. The molecule has 5 nitrogen and oxygen atoms in total. The van der Waals surface area contributed by atoms with E-state index in [4.69, 9.17) is 17.3 Å². The molecule has 2 atom stereocenters. The summed E-state index contributed by atoms with van der Waals surface area (Å²) in [6, 6.07) is 7.11. The van der Waals surface area contributed by atoms with Gasteiger partial charge in [0.05, 0.1) is 18.6 Å². The first-order valence-electron chi connectivity index (χ1n) is 8.41. The van der Waals surface area contributed by atoms with Gasteiger partial charge < -0.3 is 16.0 Å². The molecule has 24 heavy (non-hydrogen) atoms. The second-order valence-electron chi connectivity index (χ2n) is 6.75. The molecule has 0 spiro atoms. The van der Waals surface area contributed by atoms with Crippen LogP contribution < -0.4 is 11.1 Å². The van der Waals surface area contributed by atoms with E-state index >= 15 is 0 Å². The molecule has 3 N–H and O–H groups in total. The number of rotatable bonds is 7. The molecule has 1 fully saturated rings. The van der Waals surface area contributed by atoms with Crippen molar-refractivity contribution in [3.8, 4) is 0 Å². The minimum atomic E-state index is -0.596. The molecule has 1 aromatic rings. The number of carbonyl (C=O) groups is 2. The Bertz CT molecular complexity index is 584. The summed E-state index contributed by atoms with van der Waals surface area (Å²) in [7, 11) is 0. The molecule has 0 heterocycles. The number of hydrogen-bond acceptors (Lipinski definition) is 3. The summed E-state index contributed by atoms with van der Waals surface area (Å²) in [5.74, 6) is -0.329. The molecule has 1 aliphatic rings. The van der Waals surface area contributed by atoms with Crippen LogP contribution in [0.15, 0.2) is 24.3 Å². The monoisotopic (exact) mass is 351 g/mol. The SMILES string of the molecule is CC(C)[C@H](N)C(=O)NCC(=O)N(C1CC1)C(C)c1ccc(Cl)cc1. The normalized spacial score (nSPS) is 16.6. The lowest BCUT2D eigenvalue weighted by Crippen LogP contribution is -2.48. The van der Waals surface area contributed by atoms with E-state index in [1.54, 1.807) is 0 Å². The Hall–Kier alpha value is -1.59. The fourth-order valence-electron chi connectivity index (χ4n) is 2.67. The lowest BCUT2D eigenvalue weighted by molar-refractivity contribution is -0.135. The first-order chi connectivity index (χ1) is 11.3. The van der Waals surface area contributed by atoms with Gasteiger partial charge in [0.15, 0.2) is 0 Å². The van der Waals surface area contributed by atoms with Crippen molar-refractivity contribution < 1.29 is 9.59 Å². The standard InChI is InChI=1S/C18H26ClN3O2/c1-11(2)17(20)18(24)21-10-16(23)22(15-8-9-15)12(3)13-4-6-14(19)7-5-13/h4-7,11-12,15,17H,8-10,20H2,1-3H3,(H,21,24)/t12?,17-/m0/s1. The number of amides is 2. The van der Waals surface area contributed by atoms with Crippen LogP contribution in [-0.4, -0.2) is 35.3 Å². The smallest absolute Gasteiger partial charge is 0.242 e. The van der Waals surface area contributed by atoms with Gasteiger partial charge in [-0.15, -0.1) is 0 Å². The van der Waals surface area contributed by atoms with Gasteiger partial charge in [-0.3, -0.25) is 9.59 Å². The first kappa shape index (κ1) is 18.7. The van der Waals surface area contributed by atoms with Gasteiger partial charge in [0.2, 0.25) is 11.8 Å². The zero-order valence-electron chi connectivity index (χ0n) is 14.5. The maximum Gasteiger partial charge on any atom is 0.242 e. The molecule has 0 saturated heterocycles. The van der Waals surface area contributed by atoms with Crippen molar-refractivity contribution in [3.63, 3.8) is 0 Å². The average molecular weight is 352 g/mol. The van der Waals surface area contributed by atoms with E-state index in [1.807, 2.05) is 49.9 Å². The van der Waals surface area contributed by atoms with Crippen LogP contribution in [0.3, 0.4) is 0 Å². The van der Waals surface area contributed by atoms with Gasteiger partial charge in [-0.25, -0.2) is 0 Å². The third kappa shape index (κ3) is 4.71. The van der Waals surface area contributed by atoms with Crippen molar-refractivity contribution >= 4 is 23.4 Å². The quantitative estimate of drug-likeness (QED) is 0.792. The Morgan fingerprint density at radius 3 is 2.33 bits per heavy atom. The van der Waals surface area contributed by atoms with E-state index in [0.29, 0.717) is 5.02 Å². The highest BCUT2D eigenvalue weighted by Gasteiger charge is 2.36. The molecule has 1 aromatic carbocycles. The van der Waals surface area contributed by atoms with Crippen LogP contribution in [0.2, 0.25) is 5.02 Å². The highest BCUT2D eigenvalue weighted by molar-refractivity contribution is 6.30. The van der Waals surface area contributed by atoms with E-state index in [-0.39, 0.29) is 36.4 Å². The maximum absolute atomic E-state index is 12.6. The predicted molar refractivity (Wildman–Crippen MR) is 95.6 cm³/mol. The summed E-state index contributed by atoms with van der Waals surface area (Å²) in [5, 5.41) is 3.34. The minimum Gasteiger partial charge on any atom is -0.346 e. The molecule has 6 heteroatoms. The van der Waals surface area contributed by atoms with Crippen LogP contribution in [0.5, 0.6) is 0 Å². The summed E-state index contributed by atoms with van der Waals surface area (Å²) in [6.45, 7) is 5.74. The third-order valence-electron chi connectivity index (χ3n) is 4.43. The molecule has 2 rings (SSSR count). The van der Waals surface area contributed by atoms with Crippen LogP contribution in [0.4, 0.5) is 0 Å². The van der Waals surface area contributed by atoms with Crippen LogP contribution in [-0.2, 0) is 9.59 Å². The number of benzene rings is 1. The zero-order valence-corrected chi connectivity index (χ0v) is 15.2. The van der Waals surface area contributed by atoms with Gasteiger partial charge >= 0.3 is 0 Å². The molecule has 1 saturated carbocycles. The Labute approximate surface area is 148 Å². The van der Waals surface area contributed by atoms with Crippen molar-refractivity contribution in [2.45, 2.75) is 51.7 Å². The summed E-state index contributed by atoms with van der Waals surface area (Å²) in [4.78, 5) is 26.5. The fourth-order valence-corrected chi connectivity index (χ4v) is 2.79. The third-order valence-corrected chi connectivity index (χ3v) is 4.68. The summed E-state index contributed by atoms with van der Waals surface area (Å²) in [6.07, 6.45) is 2.01. The summed E-state index contributed by atoms with van der Waals surface area (Å²) < 4.78 is 0. The largest absolute Gasteiger partial charge is 0.346 e. The van der Waals surface area contributed by atoms with E-state index < -0.39 is 6.04 Å². The molecular weight excluding hydrogens is 326 g/mol. The Balaban J connectivity index is 2.01. The number of hydrogen-bond donors (Lipinski definition) is 2. The Kier molecular flexibility index (Phi) is 6.24. The molecule has 1 unspecified atom stereocenters. The topological polar surface area (TPSA) is 75.4 Å². The number of nitrogens with one attached hydrogen (secondary N) is 1. The van der Waals surface area contributed by atoms with Gasteiger partial charge in [0.1, 0.15) is 0 Å². The van der Waals surface area contributed by atoms with Crippen LogP contribution in [0.25, 0.3) is 0 Å². The van der Waals surface area contributed by atoms with Gasteiger partial charge in [0.25, 0.3) is 0 Å². The van der Waals surface area contributed by atoms with Crippen molar-refractivity contribution in [3.05, 3.63) is 34.9 Å². The fraction of sp³-hybridized carbons (Fsp3) is 0.556. The molecular formula is C18H26ClN3O2. The second kappa shape index (κ2) is 7.99. The molecule has 0 aliphatic heterocycles. The number of halogens is 1. The molecule has 132 valence electrons. The molecule has 0 radical (unpaired) electrons.